The van der Waals surface area contributed by atoms with Crippen molar-refractivity contribution in [2.75, 3.05) is 13.2 Å². The predicted molar refractivity (Wildman–Crippen MR) is 232 cm³/mol. The molecule has 11 atom stereocenters. The fourth-order valence-corrected chi connectivity index (χ4v) is 9.94. The number of hydrogen-bond donors (Lipinski definition) is 2. The number of aromatic hydroxyl groups is 2. The van der Waals surface area contributed by atoms with Crippen LogP contribution in [0.5, 0.6) is 11.5 Å². The van der Waals surface area contributed by atoms with Crippen molar-refractivity contribution in [3.63, 3.8) is 0 Å². The third kappa shape index (κ3) is 14.3. The first-order valence-corrected chi connectivity index (χ1v) is 22.6. The number of ether oxygens (including phenoxy) is 10. The molecule has 2 heterocycles. The topological polar surface area (TPSA) is 303 Å². The van der Waals surface area contributed by atoms with Gasteiger partial charge in [0.25, 0.3) is 0 Å². The van der Waals surface area contributed by atoms with Gasteiger partial charge in [-0.25, -0.2) is 0 Å². The largest absolute Gasteiger partial charge is 0.507 e. The van der Waals surface area contributed by atoms with Crippen molar-refractivity contribution in [2.45, 2.75) is 146 Å². The van der Waals surface area contributed by atoms with Gasteiger partial charge in [0.1, 0.15) is 47.8 Å². The minimum absolute atomic E-state index is 0.0357. The quantitative estimate of drug-likeness (QED) is 0.0980. The molecule has 0 bridgehead atoms. The number of hydrogen-bond acceptors (Lipinski definition) is 24. The maximum atomic E-state index is 14.8. The van der Waals surface area contributed by atoms with Crippen LogP contribution in [0.25, 0.3) is 0 Å². The highest BCUT2D eigenvalue weighted by molar-refractivity contribution is 8.00. The Morgan fingerprint density at radius 3 is 1.43 bits per heavy atom. The minimum atomic E-state index is -1.63. The number of rotatable bonds is 17. The number of phenolic OH excluding ortho intramolecular Hbond substituents is 2. The number of phenols is 2. The Balaban J connectivity index is 1.85. The van der Waals surface area contributed by atoms with E-state index in [1.54, 1.807) is 19.9 Å². The van der Waals surface area contributed by atoms with Gasteiger partial charge in [-0.1, -0.05) is 23.4 Å². The lowest BCUT2D eigenvalue weighted by Crippen LogP contribution is -2.61. The number of fused-ring (bicyclic) bond motifs is 1. The zero-order chi connectivity index (χ0) is 50.9. The first-order valence-electron chi connectivity index (χ1n) is 20.7. The molecule has 0 amide bonds. The number of allylic oxidation sites excluding steroid dienone is 3. The molecule has 1 unspecified atom stereocenters. The van der Waals surface area contributed by atoms with Crippen LogP contribution >= 0.6 is 23.5 Å². The number of carbonyl (C=O) groups excluding carboxylic acids is 10. The highest BCUT2D eigenvalue weighted by atomic mass is 32.2. The molecule has 2 fully saturated rings. The van der Waals surface area contributed by atoms with Crippen LogP contribution in [-0.4, -0.2) is 148 Å². The highest BCUT2D eigenvalue weighted by Crippen LogP contribution is 2.48. The Morgan fingerprint density at radius 2 is 1.00 bits per heavy atom. The van der Waals surface area contributed by atoms with E-state index in [2.05, 4.69) is 0 Å². The second kappa shape index (κ2) is 23.8. The Hall–Kier alpha value is -5.98. The number of thioether (sulfide) groups is 2. The van der Waals surface area contributed by atoms with Gasteiger partial charge in [-0.2, -0.15) is 0 Å². The van der Waals surface area contributed by atoms with E-state index in [4.69, 9.17) is 47.4 Å². The molecule has 2 aliphatic heterocycles. The van der Waals surface area contributed by atoms with Gasteiger partial charge < -0.3 is 57.6 Å². The van der Waals surface area contributed by atoms with Gasteiger partial charge in [0.15, 0.2) is 48.2 Å². The lowest BCUT2D eigenvalue weighted by molar-refractivity contribution is -0.237. The van der Waals surface area contributed by atoms with Gasteiger partial charge in [0.05, 0.1) is 16.0 Å². The summed E-state index contributed by atoms with van der Waals surface area (Å²) in [5.74, 6) is -10.4. The van der Waals surface area contributed by atoms with Crippen LogP contribution in [0.4, 0.5) is 0 Å². The van der Waals surface area contributed by atoms with Gasteiger partial charge in [0.2, 0.25) is 0 Å². The molecule has 68 heavy (non-hydrogen) atoms. The number of Topliss-reactive ketones (excluding diaryl/α,β-unsaturated/α-hetero) is 1. The van der Waals surface area contributed by atoms with Crippen molar-refractivity contribution in [1.29, 1.82) is 0 Å². The molecule has 372 valence electrons. The number of carbonyl (C=O) groups is 10. The zero-order valence-corrected chi connectivity index (χ0v) is 40.2. The minimum Gasteiger partial charge on any atom is -0.507 e. The van der Waals surface area contributed by atoms with Crippen LogP contribution in [0.2, 0.25) is 0 Å². The molecule has 0 spiro atoms. The maximum Gasteiger partial charge on any atom is 0.303 e. The van der Waals surface area contributed by atoms with E-state index in [9.17, 15) is 58.2 Å². The van der Waals surface area contributed by atoms with Crippen molar-refractivity contribution >= 4 is 82.8 Å². The van der Waals surface area contributed by atoms with Crippen molar-refractivity contribution < 1.29 is 106 Å². The van der Waals surface area contributed by atoms with Gasteiger partial charge in [0, 0.05) is 66.2 Å². The lowest BCUT2D eigenvalue weighted by atomic mass is 9.86. The monoisotopic (exact) mass is 996 g/mol. The molecule has 24 heteroatoms. The Labute approximate surface area is 397 Å². The molecule has 2 N–H and O–H groups in total. The normalized spacial score (nSPS) is 25.8. The molecule has 1 aromatic rings. The van der Waals surface area contributed by atoms with Crippen molar-refractivity contribution in [1.82, 2.24) is 0 Å². The third-order valence-electron chi connectivity index (χ3n) is 9.79. The lowest BCUT2D eigenvalue weighted by Gasteiger charge is -2.45. The van der Waals surface area contributed by atoms with Crippen LogP contribution in [0.3, 0.4) is 0 Å². The second-order valence-electron chi connectivity index (χ2n) is 15.7. The average molecular weight is 997 g/mol. The van der Waals surface area contributed by atoms with E-state index in [0.717, 1.165) is 84.9 Å². The van der Waals surface area contributed by atoms with Crippen LogP contribution in [0, 0.1) is 0 Å². The summed E-state index contributed by atoms with van der Waals surface area (Å²) in [4.78, 5) is 127. The summed E-state index contributed by atoms with van der Waals surface area (Å²) in [5.41, 5.74) is -3.74. The SMILES string of the molecule is CC(=O)OC[C@H]1O[C@@H](Sc2cc(O)c3c(c2O)C(=O)C(C(CC=C(C)C)S[C@@H]2O[C@H](COC(C)=O)[C@@H](OC(C)=O)[C@H](OC(C)=O)[C@H]2OC(C)=O)=CC3=O)[C@H](OC(C)=O)[C@@H](OC(C)=O)[C@@H]1OC(C)=O. The summed E-state index contributed by atoms with van der Waals surface area (Å²) in [6.45, 7) is 10.8. The van der Waals surface area contributed by atoms with E-state index >= 15 is 0 Å². The van der Waals surface area contributed by atoms with E-state index in [-0.39, 0.29) is 16.9 Å². The molecular formula is C44H52O22S2. The molecule has 22 nitrogen and oxygen atoms in total. The van der Waals surface area contributed by atoms with Gasteiger partial charge >= 0.3 is 47.8 Å². The number of esters is 8. The molecular weight excluding hydrogens is 945 g/mol. The van der Waals surface area contributed by atoms with Crippen molar-refractivity contribution in [3.05, 3.63) is 40.5 Å². The molecule has 0 aromatic heterocycles. The summed E-state index contributed by atoms with van der Waals surface area (Å²) < 4.78 is 55.8. The highest BCUT2D eigenvalue weighted by Gasteiger charge is 2.55. The molecule has 4 rings (SSSR count). The van der Waals surface area contributed by atoms with Crippen LogP contribution < -0.4 is 0 Å². The third-order valence-corrected chi connectivity index (χ3v) is 12.4. The standard InChI is InChI=1S/C44H52O22S2/c1-17(2)11-12-31(67-43-41(63-24(9)51)39(61-22(7)49)37(59-20(5)47)29(65-43)15-57-18(3)45)26-13-27(53)33-28(54)14-32(36(56)34(33)35(26)55)68-44-42(64-25(10)52)40(62-23(8)50)38(60-21(6)48)30(66-44)16-58-19(4)46/h11,13-14,29-31,37-44,54,56H,12,15-16H2,1-10H3/t29-,30-,31?,37-,38-,39+,40+,41-,42-,43+,44+/m1/s1. The molecule has 0 radical (unpaired) electrons. The van der Waals surface area contributed by atoms with E-state index in [1.165, 1.54) is 0 Å². The maximum absolute atomic E-state index is 14.8. The average Bonchev–Trinajstić information content (AvgIpc) is 3.20. The molecule has 1 aromatic carbocycles. The fraction of sp³-hybridized carbons (Fsp3) is 0.545. The molecule has 2 saturated heterocycles. The van der Waals surface area contributed by atoms with Crippen LogP contribution in [0.15, 0.2) is 34.3 Å². The smallest absolute Gasteiger partial charge is 0.303 e. The summed E-state index contributed by atoms with van der Waals surface area (Å²) in [6, 6.07) is 0.935. The van der Waals surface area contributed by atoms with Gasteiger partial charge in [-0.15, -0.1) is 11.8 Å². The van der Waals surface area contributed by atoms with Crippen LogP contribution in [-0.2, 0) is 85.7 Å². The fourth-order valence-electron chi connectivity index (χ4n) is 7.32. The van der Waals surface area contributed by atoms with Gasteiger partial charge in [-0.05, 0) is 32.4 Å². The first-order chi connectivity index (χ1) is 31.8. The van der Waals surface area contributed by atoms with E-state index in [0.29, 0.717) is 11.8 Å². The summed E-state index contributed by atoms with van der Waals surface area (Å²) >= 11 is 1.35. The Bertz CT molecular complexity index is 2250. The van der Waals surface area contributed by atoms with E-state index in [1.807, 2.05) is 0 Å². The summed E-state index contributed by atoms with van der Waals surface area (Å²) in [7, 11) is 0. The molecule has 1 aliphatic carbocycles. The van der Waals surface area contributed by atoms with Gasteiger partial charge in [-0.3, -0.25) is 47.9 Å². The van der Waals surface area contributed by atoms with E-state index < -0.39 is 160 Å². The molecule has 0 saturated carbocycles. The number of benzene rings is 1. The summed E-state index contributed by atoms with van der Waals surface area (Å²) in [6.07, 6.45) is -9.51. The summed E-state index contributed by atoms with van der Waals surface area (Å²) in [5, 5.41) is 22.2. The first kappa shape index (κ1) is 54.6. The van der Waals surface area contributed by atoms with Crippen molar-refractivity contribution in [2.24, 2.45) is 0 Å². The number of ketones is 2. The molecule has 3 aliphatic rings. The Morgan fingerprint density at radius 1 is 0.588 bits per heavy atom. The second-order valence-corrected chi connectivity index (χ2v) is 18.1. The predicted octanol–water partition coefficient (Wildman–Crippen LogP) is 3.12. The van der Waals surface area contributed by atoms with Crippen LogP contribution in [0.1, 0.15) is 96.4 Å². The Kier molecular flexibility index (Phi) is 19.2. The zero-order valence-electron chi connectivity index (χ0n) is 38.6. The van der Waals surface area contributed by atoms with Crippen molar-refractivity contribution in [3.8, 4) is 11.5 Å².